The van der Waals surface area contributed by atoms with Crippen LogP contribution in [0.25, 0.3) is 0 Å². The van der Waals surface area contributed by atoms with Gasteiger partial charge >= 0.3 is 12.0 Å². The Morgan fingerprint density at radius 2 is 1.67 bits per heavy atom. The lowest BCUT2D eigenvalue weighted by atomic mass is 10.0. The molecule has 5 N–H and O–H groups in total. The number of nitrogens with one attached hydrogen (secondary N) is 4. The van der Waals surface area contributed by atoms with E-state index in [0.29, 0.717) is 23.4 Å². The Morgan fingerprint density at radius 3 is 2.25 bits per heavy atom. The standard InChI is InChI=1S/C27H32N4O5/c1-5-20(26(34)35)16-28-25(33)23(14-17(2)3)30-24(32)15-19-10-12-21(13-11-19)29-27(36)31-22-9-7-6-8-18(22)4/h1,6-13,17,20,23H,14-16H2,2-4H3,(H,28,33)(H,30,32)(H,34,35)(H2,29,31,36)/t20?,23-/m0/s1. The molecule has 2 rings (SSSR count). The van der Waals surface area contributed by atoms with E-state index in [1.807, 2.05) is 45.0 Å². The van der Waals surface area contributed by atoms with E-state index >= 15 is 0 Å². The van der Waals surface area contributed by atoms with E-state index < -0.39 is 23.8 Å². The number of benzene rings is 2. The van der Waals surface area contributed by atoms with Crippen molar-refractivity contribution in [1.29, 1.82) is 0 Å². The van der Waals surface area contributed by atoms with Gasteiger partial charge in [-0.25, -0.2) is 4.79 Å². The lowest BCUT2D eigenvalue weighted by Crippen LogP contribution is -2.49. The third-order valence-electron chi connectivity index (χ3n) is 5.31. The predicted molar refractivity (Wildman–Crippen MR) is 138 cm³/mol. The maximum atomic E-state index is 12.6. The highest BCUT2D eigenvalue weighted by Crippen LogP contribution is 2.15. The first-order valence-electron chi connectivity index (χ1n) is 11.6. The highest BCUT2D eigenvalue weighted by Gasteiger charge is 2.24. The van der Waals surface area contributed by atoms with Crippen molar-refractivity contribution >= 4 is 35.2 Å². The van der Waals surface area contributed by atoms with Crippen LogP contribution in [0.1, 0.15) is 31.4 Å². The number of rotatable bonds is 11. The van der Waals surface area contributed by atoms with Gasteiger partial charge in [0.25, 0.3) is 0 Å². The van der Waals surface area contributed by atoms with Crippen LogP contribution in [-0.4, -0.2) is 41.5 Å². The first-order valence-corrected chi connectivity index (χ1v) is 11.6. The van der Waals surface area contributed by atoms with Crippen molar-refractivity contribution in [2.45, 2.75) is 39.7 Å². The predicted octanol–water partition coefficient (Wildman–Crippen LogP) is 3.16. The number of aliphatic carboxylic acids is 1. The molecule has 0 saturated heterocycles. The van der Waals surface area contributed by atoms with Gasteiger partial charge in [-0.05, 0) is 48.6 Å². The van der Waals surface area contributed by atoms with Crippen molar-refractivity contribution < 1.29 is 24.3 Å². The Hall–Kier alpha value is -4.32. The number of carboxylic acids is 1. The lowest BCUT2D eigenvalue weighted by Gasteiger charge is -2.21. The molecule has 0 aromatic heterocycles. The zero-order valence-corrected chi connectivity index (χ0v) is 20.6. The van der Waals surface area contributed by atoms with Gasteiger partial charge in [0, 0.05) is 17.9 Å². The largest absolute Gasteiger partial charge is 0.480 e. The summed E-state index contributed by atoms with van der Waals surface area (Å²) < 4.78 is 0. The van der Waals surface area contributed by atoms with Gasteiger partial charge in [0.2, 0.25) is 11.8 Å². The molecule has 36 heavy (non-hydrogen) atoms. The van der Waals surface area contributed by atoms with E-state index in [0.717, 1.165) is 5.56 Å². The number of carbonyl (C=O) groups is 4. The van der Waals surface area contributed by atoms with Crippen molar-refractivity contribution in [2.24, 2.45) is 11.8 Å². The van der Waals surface area contributed by atoms with Gasteiger partial charge in [-0.3, -0.25) is 14.4 Å². The summed E-state index contributed by atoms with van der Waals surface area (Å²) in [5.41, 5.74) is 2.90. The van der Waals surface area contributed by atoms with Crippen LogP contribution in [0.5, 0.6) is 0 Å². The average molecular weight is 493 g/mol. The topological polar surface area (TPSA) is 137 Å². The van der Waals surface area contributed by atoms with E-state index in [4.69, 9.17) is 11.5 Å². The molecule has 0 fully saturated rings. The zero-order chi connectivity index (χ0) is 26.7. The molecule has 1 unspecified atom stereocenters. The van der Waals surface area contributed by atoms with Gasteiger partial charge in [0.05, 0.1) is 6.42 Å². The fourth-order valence-electron chi connectivity index (χ4n) is 3.38. The molecule has 2 aromatic rings. The summed E-state index contributed by atoms with van der Waals surface area (Å²) >= 11 is 0. The Kier molecular flexibility index (Phi) is 10.5. The molecular formula is C27H32N4O5. The monoisotopic (exact) mass is 492 g/mol. The molecular weight excluding hydrogens is 460 g/mol. The maximum Gasteiger partial charge on any atom is 0.323 e. The molecule has 4 amide bonds. The molecule has 0 spiro atoms. The minimum atomic E-state index is -1.20. The fourth-order valence-corrected chi connectivity index (χ4v) is 3.38. The molecule has 190 valence electrons. The zero-order valence-electron chi connectivity index (χ0n) is 20.6. The van der Waals surface area contributed by atoms with Crippen molar-refractivity contribution in [2.75, 3.05) is 17.2 Å². The lowest BCUT2D eigenvalue weighted by molar-refractivity contribution is -0.139. The Balaban J connectivity index is 1.92. The normalized spacial score (nSPS) is 12.1. The van der Waals surface area contributed by atoms with Crippen molar-refractivity contribution in [3.8, 4) is 12.3 Å². The maximum absolute atomic E-state index is 12.6. The summed E-state index contributed by atoms with van der Waals surface area (Å²) in [6.45, 7) is 5.50. The minimum absolute atomic E-state index is 0.0274. The summed E-state index contributed by atoms with van der Waals surface area (Å²) in [6, 6.07) is 13.0. The minimum Gasteiger partial charge on any atom is -0.480 e. The number of aryl methyl sites for hydroxylation is 1. The highest BCUT2D eigenvalue weighted by atomic mass is 16.4. The van der Waals surface area contributed by atoms with Gasteiger partial charge in [-0.1, -0.05) is 50.1 Å². The number of amides is 4. The molecule has 2 atom stereocenters. The van der Waals surface area contributed by atoms with E-state index in [9.17, 15) is 19.2 Å². The highest BCUT2D eigenvalue weighted by molar-refractivity contribution is 6.00. The molecule has 9 nitrogen and oxygen atoms in total. The van der Waals surface area contributed by atoms with E-state index in [2.05, 4.69) is 27.2 Å². The molecule has 0 aliphatic rings. The van der Waals surface area contributed by atoms with Crippen LogP contribution >= 0.6 is 0 Å². The number of terminal acetylenes is 1. The number of urea groups is 1. The number of carboxylic acid groups (broad SMARTS) is 1. The van der Waals surface area contributed by atoms with Crippen molar-refractivity contribution in [3.05, 3.63) is 59.7 Å². The van der Waals surface area contributed by atoms with Gasteiger partial charge in [-0.15, -0.1) is 6.42 Å². The molecule has 0 radical (unpaired) electrons. The van der Waals surface area contributed by atoms with E-state index in [-0.39, 0.29) is 30.8 Å². The van der Waals surface area contributed by atoms with Crippen LogP contribution in [0, 0.1) is 31.1 Å². The third kappa shape index (κ3) is 9.14. The summed E-state index contributed by atoms with van der Waals surface area (Å²) in [4.78, 5) is 48.5. The Labute approximate surface area is 211 Å². The SMILES string of the molecule is C#CC(CNC(=O)[C@H](CC(C)C)NC(=O)Cc1ccc(NC(=O)Nc2ccccc2C)cc1)C(=O)O. The van der Waals surface area contributed by atoms with Crippen molar-refractivity contribution in [1.82, 2.24) is 10.6 Å². The summed E-state index contributed by atoms with van der Waals surface area (Å²) in [6.07, 6.45) is 5.59. The average Bonchev–Trinajstić information content (AvgIpc) is 2.81. The second kappa shape index (κ2) is 13.5. The second-order valence-electron chi connectivity index (χ2n) is 8.82. The van der Waals surface area contributed by atoms with Crippen LogP contribution in [0.15, 0.2) is 48.5 Å². The number of anilines is 2. The van der Waals surface area contributed by atoms with Crippen LogP contribution in [0.4, 0.5) is 16.2 Å². The molecule has 2 aromatic carbocycles. The van der Waals surface area contributed by atoms with Crippen LogP contribution in [0.3, 0.4) is 0 Å². The molecule has 0 aliphatic heterocycles. The van der Waals surface area contributed by atoms with Gasteiger partial charge in [0.1, 0.15) is 12.0 Å². The molecule has 9 heteroatoms. The summed E-state index contributed by atoms with van der Waals surface area (Å²) in [5, 5.41) is 19.8. The van der Waals surface area contributed by atoms with Crippen LogP contribution in [0.2, 0.25) is 0 Å². The third-order valence-corrected chi connectivity index (χ3v) is 5.31. The van der Waals surface area contributed by atoms with Gasteiger partial charge < -0.3 is 26.4 Å². The number of para-hydroxylation sites is 1. The van der Waals surface area contributed by atoms with Crippen LogP contribution in [-0.2, 0) is 20.8 Å². The van der Waals surface area contributed by atoms with E-state index in [1.165, 1.54) is 0 Å². The number of hydrogen-bond acceptors (Lipinski definition) is 4. The first-order chi connectivity index (χ1) is 17.1. The van der Waals surface area contributed by atoms with Gasteiger partial charge in [0.15, 0.2) is 0 Å². The first kappa shape index (κ1) is 27.9. The molecule has 0 bridgehead atoms. The fraction of sp³-hybridized carbons (Fsp3) is 0.333. The Bertz CT molecular complexity index is 1120. The number of carbonyl (C=O) groups excluding carboxylic acids is 3. The molecule has 0 heterocycles. The number of hydrogen-bond donors (Lipinski definition) is 5. The van der Waals surface area contributed by atoms with Crippen molar-refractivity contribution in [3.63, 3.8) is 0 Å². The quantitative estimate of drug-likeness (QED) is 0.307. The van der Waals surface area contributed by atoms with Crippen LogP contribution < -0.4 is 21.3 Å². The summed E-state index contributed by atoms with van der Waals surface area (Å²) in [5.74, 6) is -0.973. The summed E-state index contributed by atoms with van der Waals surface area (Å²) in [7, 11) is 0. The smallest absolute Gasteiger partial charge is 0.323 e. The second-order valence-corrected chi connectivity index (χ2v) is 8.82. The molecule has 0 aliphatic carbocycles. The Morgan fingerprint density at radius 1 is 1.00 bits per heavy atom. The van der Waals surface area contributed by atoms with Gasteiger partial charge in [-0.2, -0.15) is 0 Å². The van der Waals surface area contributed by atoms with E-state index in [1.54, 1.807) is 24.3 Å². The molecule has 0 saturated carbocycles.